The van der Waals surface area contributed by atoms with Crippen LogP contribution in [0.1, 0.15) is 41.5 Å². The molecule has 7 nitrogen and oxygen atoms in total. The van der Waals surface area contributed by atoms with Gasteiger partial charge in [-0.1, -0.05) is 0 Å². The van der Waals surface area contributed by atoms with Crippen molar-refractivity contribution in [2.75, 3.05) is 19.6 Å². The molecule has 1 saturated heterocycles. The summed E-state index contributed by atoms with van der Waals surface area (Å²) in [6.45, 7) is 4.80. The molecule has 0 aliphatic carbocycles. The third kappa shape index (κ3) is 2.53. The molecule has 1 fully saturated rings. The largest absolute Gasteiger partial charge is 0.476 e. The number of hydrogen-bond acceptors (Lipinski definition) is 4. The number of H-pyrrole nitrogens is 1. The highest BCUT2D eigenvalue weighted by atomic mass is 16.4. The molecule has 0 spiro atoms. The second kappa shape index (κ2) is 5.48. The summed E-state index contributed by atoms with van der Waals surface area (Å²) in [5.41, 5.74) is 1.68. The fourth-order valence-corrected chi connectivity index (χ4v) is 3.18. The molecule has 2 N–H and O–H groups in total. The van der Waals surface area contributed by atoms with Crippen LogP contribution in [0.2, 0.25) is 0 Å². The predicted octanol–water partition coefficient (Wildman–Crippen LogP) is 0.477. The van der Waals surface area contributed by atoms with Crippen molar-refractivity contribution in [1.29, 1.82) is 0 Å². The summed E-state index contributed by atoms with van der Waals surface area (Å²) in [5.74, 6) is -0.871. The molecule has 3 heterocycles. The Morgan fingerprint density at radius 3 is 2.67 bits per heavy atom. The van der Waals surface area contributed by atoms with Gasteiger partial charge in [-0.3, -0.25) is 14.8 Å². The second-order valence-electron chi connectivity index (χ2n) is 5.76. The van der Waals surface area contributed by atoms with Crippen LogP contribution in [0.3, 0.4) is 0 Å². The molecule has 0 aromatic carbocycles. The number of carbonyl (C=O) groups excluding carboxylic acids is 1. The molecule has 0 bridgehead atoms. The number of nitrogens with one attached hydrogen (secondary N) is 1. The quantitative estimate of drug-likeness (QED) is 0.845. The summed E-state index contributed by atoms with van der Waals surface area (Å²) < 4.78 is 0. The first-order chi connectivity index (χ1) is 10.1. The Labute approximate surface area is 122 Å². The normalized spacial score (nSPS) is 20.3. The topological polar surface area (TPSA) is 89.5 Å². The van der Waals surface area contributed by atoms with Gasteiger partial charge in [0.1, 0.15) is 0 Å². The van der Waals surface area contributed by atoms with Gasteiger partial charge in [-0.15, -0.1) is 0 Å². The maximum atomic E-state index is 12.5. The Kier molecular flexibility index (Phi) is 3.67. The number of carbonyl (C=O) groups is 2. The van der Waals surface area contributed by atoms with Gasteiger partial charge in [0.2, 0.25) is 5.91 Å². The Bertz CT molecular complexity index is 563. The number of hydrogen-bond donors (Lipinski definition) is 2. The van der Waals surface area contributed by atoms with Crippen LogP contribution >= 0.6 is 0 Å². The van der Waals surface area contributed by atoms with E-state index in [9.17, 15) is 9.59 Å². The standard InChI is InChI=1S/C14H20N4O3/c1-9(13(19)17-5-2-3-6-17)18-7-4-11-10(8-18)12(14(20)21)16-15-11/h9H,2-8H2,1H3,(H,15,16)(H,20,21). The Hall–Kier alpha value is -1.89. The van der Waals surface area contributed by atoms with Gasteiger partial charge in [-0.05, 0) is 19.8 Å². The van der Waals surface area contributed by atoms with Crippen molar-refractivity contribution in [3.8, 4) is 0 Å². The Morgan fingerprint density at radius 2 is 2.00 bits per heavy atom. The minimum absolute atomic E-state index is 0.0792. The minimum atomic E-state index is -1.02. The highest BCUT2D eigenvalue weighted by Crippen LogP contribution is 2.23. The van der Waals surface area contributed by atoms with Crippen molar-refractivity contribution in [2.24, 2.45) is 0 Å². The van der Waals surface area contributed by atoms with E-state index >= 15 is 0 Å². The average Bonchev–Trinajstić information content (AvgIpc) is 3.13. The fraction of sp³-hybridized carbons (Fsp3) is 0.643. The molecule has 1 aromatic heterocycles. The second-order valence-corrected chi connectivity index (χ2v) is 5.76. The zero-order chi connectivity index (χ0) is 15.0. The van der Waals surface area contributed by atoms with E-state index in [-0.39, 0.29) is 17.6 Å². The van der Waals surface area contributed by atoms with Crippen LogP contribution in [0.15, 0.2) is 0 Å². The first kappa shape index (κ1) is 14.1. The lowest BCUT2D eigenvalue weighted by atomic mass is 10.0. The van der Waals surface area contributed by atoms with Crippen LogP contribution in [0, 0.1) is 0 Å². The van der Waals surface area contributed by atoms with Gasteiger partial charge >= 0.3 is 5.97 Å². The third-order valence-corrected chi connectivity index (χ3v) is 4.49. The predicted molar refractivity (Wildman–Crippen MR) is 74.9 cm³/mol. The maximum absolute atomic E-state index is 12.5. The lowest BCUT2D eigenvalue weighted by Gasteiger charge is -2.33. The Balaban J connectivity index is 1.74. The molecule has 114 valence electrons. The van der Waals surface area contributed by atoms with Crippen molar-refractivity contribution in [1.82, 2.24) is 20.0 Å². The third-order valence-electron chi connectivity index (χ3n) is 4.49. The van der Waals surface area contributed by atoms with Crippen molar-refractivity contribution < 1.29 is 14.7 Å². The highest BCUT2D eigenvalue weighted by Gasteiger charge is 2.32. The average molecular weight is 292 g/mol. The van der Waals surface area contributed by atoms with Crippen molar-refractivity contribution in [3.63, 3.8) is 0 Å². The van der Waals surface area contributed by atoms with E-state index in [2.05, 4.69) is 10.2 Å². The van der Waals surface area contributed by atoms with Gasteiger partial charge in [0.25, 0.3) is 0 Å². The molecule has 0 saturated carbocycles. The zero-order valence-corrected chi connectivity index (χ0v) is 12.1. The van der Waals surface area contributed by atoms with E-state index in [1.807, 2.05) is 16.7 Å². The van der Waals surface area contributed by atoms with Gasteiger partial charge in [-0.2, -0.15) is 5.10 Å². The molecule has 3 rings (SSSR count). The van der Waals surface area contributed by atoms with Gasteiger partial charge in [-0.25, -0.2) is 4.79 Å². The number of likely N-dealkylation sites (tertiary alicyclic amines) is 1. The number of fused-ring (bicyclic) bond motifs is 1. The number of aromatic amines is 1. The summed E-state index contributed by atoms with van der Waals surface area (Å²) in [7, 11) is 0. The van der Waals surface area contributed by atoms with E-state index in [0.717, 1.165) is 43.7 Å². The summed E-state index contributed by atoms with van der Waals surface area (Å²) in [6, 6.07) is -0.215. The lowest BCUT2D eigenvalue weighted by molar-refractivity contribution is -0.135. The first-order valence-electron chi connectivity index (χ1n) is 7.40. The van der Waals surface area contributed by atoms with Gasteiger partial charge < -0.3 is 10.0 Å². The molecule has 1 aromatic rings. The van der Waals surface area contributed by atoms with E-state index in [1.54, 1.807) is 0 Å². The van der Waals surface area contributed by atoms with E-state index in [0.29, 0.717) is 13.0 Å². The van der Waals surface area contributed by atoms with Crippen molar-refractivity contribution in [3.05, 3.63) is 17.0 Å². The molecule has 2 aliphatic rings. The number of nitrogens with zero attached hydrogens (tertiary/aromatic N) is 3. The van der Waals surface area contributed by atoms with Crippen molar-refractivity contribution >= 4 is 11.9 Å². The molecule has 1 amide bonds. The van der Waals surface area contributed by atoms with Crippen LogP contribution in [0.4, 0.5) is 0 Å². The number of aromatic carboxylic acids is 1. The zero-order valence-electron chi connectivity index (χ0n) is 12.1. The summed E-state index contributed by atoms with van der Waals surface area (Å²) in [6.07, 6.45) is 2.86. The molecule has 1 unspecified atom stereocenters. The van der Waals surface area contributed by atoms with E-state index < -0.39 is 5.97 Å². The smallest absolute Gasteiger partial charge is 0.356 e. The lowest BCUT2D eigenvalue weighted by Crippen LogP contribution is -2.48. The van der Waals surface area contributed by atoms with Crippen molar-refractivity contribution in [2.45, 2.75) is 38.8 Å². The van der Waals surface area contributed by atoms with Crippen LogP contribution in [-0.2, 0) is 17.8 Å². The minimum Gasteiger partial charge on any atom is -0.476 e. The number of aromatic nitrogens is 2. The molecular formula is C14H20N4O3. The number of carboxylic acid groups (broad SMARTS) is 1. The van der Waals surface area contributed by atoms with Gasteiger partial charge in [0.05, 0.1) is 6.04 Å². The highest BCUT2D eigenvalue weighted by molar-refractivity contribution is 5.87. The van der Waals surface area contributed by atoms with Crippen LogP contribution in [0.5, 0.6) is 0 Å². The maximum Gasteiger partial charge on any atom is 0.356 e. The summed E-state index contributed by atoms with van der Waals surface area (Å²) in [5, 5.41) is 15.8. The van der Waals surface area contributed by atoms with E-state index in [1.165, 1.54) is 0 Å². The SMILES string of the molecule is CC(C(=O)N1CCCC1)N1CCc2[nH]nc(C(=O)O)c2C1. The summed E-state index contributed by atoms with van der Waals surface area (Å²) >= 11 is 0. The molecule has 2 aliphatic heterocycles. The number of amides is 1. The molecule has 21 heavy (non-hydrogen) atoms. The molecular weight excluding hydrogens is 272 g/mol. The Morgan fingerprint density at radius 1 is 1.29 bits per heavy atom. The molecule has 7 heteroatoms. The van der Waals surface area contributed by atoms with Crippen LogP contribution in [-0.4, -0.2) is 62.7 Å². The molecule has 0 radical (unpaired) electrons. The first-order valence-corrected chi connectivity index (χ1v) is 7.40. The van der Waals surface area contributed by atoms with Gasteiger partial charge in [0.15, 0.2) is 5.69 Å². The fourth-order valence-electron chi connectivity index (χ4n) is 3.18. The number of rotatable bonds is 3. The van der Waals surface area contributed by atoms with E-state index in [4.69, 9.17) is 5.11 Å². The summed E-state index contributed by atoms with van der Waals surface area (Å²) in [4.78, 5) is 27.6. The van der Waals surface area contributed by atoms with Gasteiger partial charge in [0, 0.05) is 43.9 Å². The monoisotopic (exact) mass is 292 g/mol. The van der Waals surface area contributed by atoms with Crippen LogP contribution < -0.4 is 0 Å². The number of carboxylic acids is 1. The molecule has 1 atom stereocenters. The van der Waals surface area contributed by atoms with Crippen LogP contribution in [0.25, 0.3) is 0 Å².